The van der Waals surface area contributed by atoms with E-state index in [1.54, 1.807) is 18.1 Å². The first-order valence-electron chi connectivity index (χ1n) is 7.01. The molecule has 0 aliphatic carbocycles. The van der Waals surface area contributed by atoms with Gasteiger partial charge in [0.15, 0.2) is 17.7 Å². The highest BCUT2D eigenvalue weighted by atomic mass is 35.5. The maximum Gasteiger partial charge on any atom is 0.179 e. The van der Waals surface area contributed by atoms with Gasteiger partial charge < -0.3 is 14.4 Å². The Labute approximate surface area is 133 Å². The van der Waals surface area contributed by atoms with Gasteiger partial charge in [-0.2, -0.15) is 5.26 Å². The Hall–Kier alpha value is -2.26. The van der Waals surface area contributed by atoms with Crippen molar-refractivity contribution in [2.24, 2.45) is 0 Å². The molecular formula is C15H15ClN4O2. The molecule has 0 amide bonds. The summed E-state index contributed by atoms with van der Waals surface area (Å²) in [4.78, 5) is 9.91. The third-order valence-corrected chi connectivity index (χ3v) is 4.05. The lowest BCUT2D eigenvalue weighted by Gasteiger charge is -2.29. The molecule has 7 heteroatoms. The van der Waals surface area contributed by atoms with Gasteiger partial charge in [-0.25, -0.2) is 9.97 Å². The molecule has 0 bridgehead atoms. The summed E-state index contributed by atoms with van der Waals surface area (Å²) in [6, 6.07) is 3.61. The molecule has 0 unspecified atom stereocenters. The Balaban J connectivity index is 1.86. The van der Waals surface area contributed by atoms with Gasteiger partial charge in [0.05, 0.1) is 12.6 Å². The maximum absolute atomic E-state index is 8.88. The molecule has 0 radical (unpaired) electrons. The fraction of sp³-hybridized carbons (Fsp3) is 0.400. The van der Waals surface area contributed by atoms with Gasteiger partial charge >= 0.3 is 0 Å². The number of hydrogen-bond donors (Lipinski definition) is 0. The van der Waals surface area contributed by atoms with E-state index in [1.165, 1.54) is 6.33 Å². The molecule has 1 aromatic heterocycles. The number of likely N-dealkylation sites (tertiary alicyclic amines) is 1. The van der Waals surface area contributed by atoms with Crippen molar-refractivity contribution in [2.45, 2.75) is 18.9 Å². The molecule has 0 saturated carbocycles. The number of fused-ring (bicyclic) bond motifs is 1. The summed E-state index contributed by atoms with van der Waals surface area (Å²) in [6.07, 6.45) is 5.23. The predicted octanol–water partition coefficient (Wildman–Crippen LogP) is 2.62. The average Bonchev–Trinajstić information content (AvgIpc) is 2.56. The van der Waals surface area contributed by atoms with E-state index in [0.29, 0.717) is 35.3 Å². The van der Waals surface area contributed by atoms with E-state index in [-0.39, 0.29) is 6.10 Å². The van der Waals surface area contributed by atoms with Gasteiger partial charge in [0, 0.05) is 37.4 Å². The second-order valence-electron chi connectivity index (χ2n) is 5.09. The fourth-order valence-electron chi connectivity index (χ4n) is 2.54. The number of ether oxygens (including phenoxy) is 2. The van der Waals surface area contributed by atoms with Crippen LogP contribution < -0.4 is 9.47 Å². The first kappa shape index (κ1) is 14.7. The average molecular weight is 319 g/mol. The number of nitriles is 1. The van der Waals surface area contributed by atoms with Crippen molar-refractivity contribution in [3.63, 3.8) is 0 Å². The van der Waals surface area contributed by atoms with Gasteiger partial charge in [-0.1, -0.05) is 11.6 Å². The van der Waals surface area contributed by atoms with Crippen molar-refractivity contribution in [1.82, 2.24) is 14.9 Å². The van der Waals surface area contributed by atoms with Crippen molar-refractivity contribution in [3.8, 4) is 17.7 Å². The Morgan fingerprint density at radius 1 is 1.27 bits per heavy atom. The molecule has 0 spiro atoms. The summed E-state index contributed by atoms with van der Waals surface area (Å²) in [5.74, 6) is 1.24. The second-order valence-corrected chi connectivity index (χ2v) is 5.45. The Bertz CT molecular complexity index is 723. The maximum atomic E-state index is 8.88. The van der Waals surface area contributed by atoms with E-state index in [2.05, 4.69) is 16.2 Å². The third kappa shape index (κ3) is 2.85. The number of rotatable bonds is 3. The molecule has 3 rings (SSSR count). The molecule has 6 nitrogen and oxygen atoms in total. The van der Waals surface area contributed by atoms with E-state index in [9.17, 15) is 0 Å². The van der Waals surface area contributed by atoms with Crippen molar-refractivity contribution < 1.29 is 9.47 Å². The minimum atomic E-state index is 0.0550. The lowest BCUT2D eigenvalue weighted by atomic mass is 10.1. The summed E-state index contributed by atoms with van der Waals surface area (Å²) >= 11 is 6.12. The third-order valence-electron chi connectivity index (χ3n) is 3.75. The van der Waals surface area contributed by atoms with Crippen LogP contribution in [0.15, 0.2) is 18.5 Å². The van der Waals surface area contributed by atoms with Crippen LogP contribution in [-0.4, -0.2) is 41.2 Å². The molecule has 0 atom stereocenters. The highest BCUT2D eigenvalue weighted by molar-refractivity contribution is 6.34. The zero-order chi connectivity index (χ0) is 15.5. The molecule has 1 aliphatic rings. The monoisotopic (exact) mass is 318 g/mol. The van der Waals surface area contributed by atoms with Gasteiger partial charge in [0.2, 0.25) is 0 Å². The molecule has 1 fully saturated rings. The Morgan fingerprint density at radius 2 is 2.05 bits per heavy atom. The van der Waals surface area contributed by atoms with Gasteiger partial charge in [-0.05, 0) is 6.07 Å². The molecule has 114 valence electrons. The lowest BCUT2D eigenvalue weighted by molar-refractivity contribution is 0.123. The van der Waals surface area contributed by atoms with Crippen LogP contribution in [0, 0.1) is 11.5 Å². The summed E-state index contributed by atoms with van der Waals surface area (Å²) in [5.41, 5.74) is 0.712. The van der Waals surface area contributed by atoms with Crippen LogP contribution in [0.1, 0.15) is 12.8 Å². The van der Waals surface area contributed by atoms with Crippen LogP contribution in [-0.2, 0) is 0 Å². The number of hydrogen-bond acceptors (Lipinski definition) is 6. The van der Waals surface area contributed by atoms with E-state index in [4.69, 9.17) is 26.3 Å². The zero-order valence-corrected chi connectivity index (χ0v) is 12.9. The van der Waals surface area contributed by atoms with Crippen molar-refractivity contribution >= 4 is 22.5 Å². The molecule has 22 heavy (non-hydrogen) atoms. The van der Waals surface area contributed by atoms with E-state index >= 15 is 0 Å². The smallest absolute Gasteiger partial charge is 0.179 e. The summed E-state index contributed by atoms with van der Waals surface area (Å²) in [5, 5.41) is 10.0. The van der Waals surface area contributed by atoms with Gasteiger partial charge in [-0.15, -0.1) is 0 Å². The van der Waals surface area contributed by atoms with E-state index < -0.39 is 0 Å². The van der Waals surface area contributed by atoms with Gasteiger partial charge in [0.25, 0.3) is 0 Å². The quantitative estimate of drug-likeness (QED) is 0.640. The van der Waals surface area contributed by atoms with Crippen molar-refractivity contribution in [2.75, 3.05) is 20.2 Å². The first-order chi connectivity index (χ1) is 10.7. The molecular weight excluding hydrogens is 304 g/mol. The molecule has 2 aromatic rings. The number of methoxy groups -OCH3 is 1. The van der Waals surface area contributed by atoms with Gasteiger partial charge in [-0.3, -0.25) is 0 Å². The summed E-state index contributed by atoms with van der Waals surface area (Å²) < 4.78 is 11.4. The van der Waals surface area contributed by atoms with Crippen molar-refractivity contribution in [1.29, 1.82) is 5.26 Å². The Morgan fingerprint density at radius 3 is 2.73 bits per heavy atom. The van der Waals surface area contributed by atoms with Crippen molar-refractivity contribution in [3.05, 3.63) is 23.6 Å². The topological polar surface area (TPSA) is 71.3 Å². The standard InChI is InChI=1S/C15H15ClN4O2/c1-21-13-7-12-11(15(16)19-9-18-12)6-14(13)22-10-2-4-20(8-17)5-3-10/h6-7,9-10H,2-5H2,1H3. The van der Waals surface area contributed by atoms with Crippen LogP contribution >= 0.6 is 11.6 Å². The van der Waals surface area contributed by atoms with E-state index in [1.807, 2.05) is 6.07 Å². The van der Waals surface area contributed by atoms with E-state index in [0.717, 1.165) is 18.2 Å². The minimum absolute atomic E-state index is 0.0550. The SMILES string of the molecule is COc1cc2ncnc(Cl)c2cc1OC1CCN(C#N)CC1. The molecule has 1 aromatic carbocycles. The molecule has 1 aliphatic heterocycles. The molecule has 2 heterocycles. The number of nitrogens with zero attached hydrogens (tertiary/aromatic N) is 4. The zero-order valence-electron chi connectivity index (χ0n) is 12.1. The number of piperidine rings is 1. The van der Waals surface area contributed by atoms with Crippen LogP contribution in [0.2, 0.25) is 5.15 Å². The normalized spacial score (nSPS) is 15.6. The Kier molecular flexibility index (Phi) is 4.16. The lowest BCUT2D eigenvalue weighted by Crippen LogP contribution is -2.35. The fourth-order valence-corrected chi connectivity index (χ4v) is 2.73. The highest BCUT2D eigenvalue weighted by Gasteiger charge is 2.21. The summed E-state index contributed by atoms with van der Waals surface area (Å²) in [6.45, 7) is 1.42. The van der Waals surface area contributed by atoms with Gasteiger partial charge in [0.1, 0.15) is 17.6 Å². The molecule has 1 saturated heterocycles. The first-order valence-corrected chi connectivity index (χ1v) is 7.38. The number of benzene rings is 1. The van der Waals surface area contributed by atoms with Crippen LogP contribution in [0.3, 0.4) is 0 Å². The predicted molar refractivity (Wildman–Crippen MR) is 81.9 cm³/mol. The minimum Gasteiger partial charge on any atom is -0.493 e. The summed E-state index contributed by atoms with van der Waals surface area (Å²) in [7, 11) is 1.59. The largest absolute Gasteiger partial charge is 0.493 e. The second kappa shape index (κ2) is 6.24. The number of halogens is 1. The highest BCUT2D eigenvalue weighted by Crippen LogP contribution is 2.35. The molecule has 0 N–H and O–H groups in total. The number of aromatic nitrogens is 2. The van der Waals surface area contributed by atoms with Crippen LogP contribution in [0.25, 0.3) is 10.9 Å². The van der Waals surface area contributed by atoms with Crippen LogP contribution in [0.5, 0.6) is 11.5 Å². The van der Waals surface area contributed by atoms with Crippen LogP contribution in [0.4, 0.5) is 0 Å².